The zero-order valence-corrected chi connectivity index (χ0v) is 7.97. The van der Waals surface area contributed by atoms with Crippen LogP contribution in [0.1, 0.15) is 39.5 Å². The molecule has 0 aromatic carbocycles. The summed E-state index contributed by atoms with van der Waals surface area (Å²) in [6.07, 6.45) is 5.62. The van der Waals surface area contributed by atoms with Crippen LogP contribution in [0.3, 0.4) is 0 Å². The van der Waals surface area contributed by atoms with Crippen LogP contribution in [0, 0.1) is 5.92 Å². The van der Waals surface area contributed by atoms with Crippen LogP contribution in [0.4, 0.5) is 0 Å². The van der Waals surface area contributed by atoms with E-state index in [1.165, 1.54) is 45.3 Å². The zero-order chi connectivity index (χ0) is 8.10. The van der Waals surface area contributed by atoms with E-state index >= 15 is 0 Å². The largest absolute Gasteiger partial charge is 0.303 e. The topological polar surface area (TPSA) is 3.24 Å². The van der Waals surface area contributed by atoms with Crippen molar-refractivity contribution < 1.29 is 0 Å². The molecule has 66 valence electrons. The van der Waals surface area contributed by atoms with Gasteiger partial charge in [-0.2, -0.15) is 0 Å². The van der Waals surface area contributed by atoms with Gasteiger partial charge >= 0.3 is 0 Å². The summed E-state index contributed by atoms with van der Waals surface area (Å²) in [4.78, 5) is 2.56. The Labute approximate surface area is 70.8 Å². The van der Waals surface area contributed by atoms with Crippen LogP contribution in [0.5, 0.6) is 0 Å². The molecule has 1 fully saturated rings. The molecule has 0 radical (unpaired) electrons. The Morgan fingerprint density at radius 2 is 2.09 bits per heavy atom. The molecule has 1 nitrogen and oxygen atoms in total. The maximum absolute atomic E-state index is 2.56. The van der Waals surface area contributed by atoms with Crippen LogP contribution >= 0.6 is 0 Å². The zero-order valence-electron chi connectivity index (χ0n) is 7.97. The van der Waals surface area contributed by atoms with E-state index in [4.69, 9.17) is 0 Å². The number of rotatable bonds is 5. The van der Waals surface area contributed by atoms with Crippen molar-refractivity contribution in [2.45, 2.75) is 39.5 Å². The standard InChI is InChI=1S/C10H21N/c1-3-10(2)6-4-7-11-8-5-9-11/h10H,3-9H2,1-2H3. The third-order valence-electron chi connectivity index (χ3n) is 2.82. The average Bonchev–Trinajstić information content (AvgIpc) is 1.94. The van der Waals surface area contributed by atoms with Crippen molar-refractivity contribution in [3.63, 3.8) is 0 Å². The second-order valence-corrected chi connectivity index (χ2v) is 3.85. The first-order chi connectivity index (χ1) is 5.33. The maximum Gasteiger partial charge on any atom is -0.000654 e. The molecule has 0 aromatic heterocycles. The summed E-state index contributed by atoms with van der Waals surface area (Å²) in [6.45, 7) is 8.72. The van der Waals surface area contributed by atoms with Crippen molar-refractivity contribution in [2.24, 2.45) is 5.92 Å². The molecule has 0 aliphatic carbocycles. The van der Waals surface area contributed by atoms with Gasteiger partial charge in [-0.05, 0) is 44.8 Å². The summed E-state index contributed by atoms with van der Waals surface area (Å²) in [5.41, 5.74) is 0. The summed E-state index contributed by atoms with van der Waals surface area (Å²) in [7, 11) is 0. The predicted octanol–water partition coefficient (Wildman–Crippen LogP) is 2.52. The average molecular weight is 155 g/mol. The van der Waals surface area contributed by atoms with Crippen molar-refractivity contribution in [1.82, 2.24) is 4.90 Å². The molecule has 0 N–H and O–H groups in total. The lowest BCUT2D eigenvalue weighted by molar-refractivity contribution is 0.175. The van der Waals surface area contributed by atoms with Crippen molar-refractivity contribution in [2.75, 3.05) is 19.6 Å². The summed E-state index contributed by atoms with van der Waals surface area (Å²) in [5.74, 6) is 0.941. The third kappa shape index (κ3) is 3.24. The molecule has 0 aromatic rings. The van der Waals surface area contributed by atoms with Gasteiger partial charge in [0.2, 0.25) is 0 Å². The minimum atomic E-state index is 0.941. The fraction of sp³-hybridized carbons (Fsp3) is 1.00. The number of likely N-dealkylation sites (tertiary alicyclic amines) is 1. The van der Waals surface area contributed by atoms with Crippen LogP contribution in [-0.2, 0) is 0 Å². The molecule has 11 heavy (non-hydrogen) atoms. The summed E-state index contributed by atoms with van der Waals surface area (Å²) in [6, 6.07) is 0. The van der Waals surface area contributed by atoms with Gasteiger partial charge in [-0.15, -0.1) is 0 Å². The highest BCUT2D eigenvalue weighted by Crippen LogP contribution is 2.12. The molecule has 0 spiro atoms. The molecule has 1 heteroatoms. The minimum absolute atomic E-state index is 0.941. The molecule has 1 atom stereocenters. The number of hydrogen-bond acceptors (Lipinski definition) is 1. The lowest BCUT2D eigenvalue weighted by atomic mass is 10.0. The third-order valence-corrected chi connectivity index (χ3v) is 2.82. The van der Waals surface area contributed by atoms with E-state index in [2.05, 4.69) is 18.7 Å². The van der Waals surface area contributed by atoms with Gasteiger partial charge in [0.25, 0.3) is 0 Å². The first kappa shape index (κ1) is 9.05. The number of nitrogens with zero attached hydrogens (tertiary/aromatic N) is 1. The molecule has 1 unspecified atom stereocenters. The summed E-state index contributed by atoms with van der Waals surface area (Å²) in [5, 5.41) is 0. The lowest BCUT2D eigenvalue weighted by Crippen LogP contribution is -2.37. The Morgan fingerprint density at radius 3 is 2.55 bits per heavy atom. The molecule has 1 heterocycles. The Morgan fingerprint density at radius 1 is 1.36 bits per heavy atom. The Kier molecular flexibility index (Phi) is 3.92. The van der Waals surface area contributed by atoms with E-state index in [1.807, 2.05) is 0 Å². The van der Waals surface area contributed by atoms with E-state index in [1.54, 1.807) is 0 Å². The molecule has 1 saturated heterocycles. The first-order valence-corrected chi connectivity index (χ1v) is 5.05. The lowest BCUT2D eigenvalue weighted by Gasteiger charge is -2.30. The van der Waals surface area contributed by atoms with Gasteiger partial charge in [0.05, 0.1) is 0 Å². The quantitative estimate of drug-likeness (QED) is 0.589. The van der Waals surface area contributed by atoms with Gasteiger partial charge in [0.15, 0.2) is 0 Å². The predicted molar refractivity (Wildman–Crippen MR) is 49.7 cm³/mol. The van der Waals surface area contributed by atoms with Crippen LogP contribution in [0.2, 0.25) is 0 Å². The molecule has 0 bridgehead atoms. The van der Waals surface area contributed by atoms with Gasteiger partial charge in [-0.3, -0.25) is 0 Å². The Balaban J connectivity index is 1.86. The molecule has 1 rings (SSSR count). The smallest absolute Gasteiger partial charge is 0.000654 e. The monoisotopic (exact) mass is 155 g/mol. The second-order valence-electron chi connectivity index (χ2n) is 3.85. The van der Waals surface area contributed by atoms with E-state index < -0.39 is 0 Å². The maximum atomic E-state index is 2.56. The molecule has 0 amide bonds. The highest BCUT2D eigenvalue weighted by Gasteiger charge is 2.12. The highest BCUT2D eigenvalue weighted by atomic mass is 15.2. The highest BCUT2D eigenvalue weighted by molar-refractivity contribution is 4.68. The SMILES string of the molecule is CCC(C)CCCN1CCC1. The van der Waals surface area contributed by atoms with E-state index in [9.17, 15) is 0 Å². The van der Waals surface area contributed by atoms with Crippen molar-refractivity contribution in [3.05, 3.63) is 0 Å². The molecule has 1 aliphatic rings. The van der Waals surface area contributed by atoms with Gasteiger partial charge < -0.3 is 4.90 Å². The normalized spacial score (nSPS) is 21.3. The van der Waals surface area contributed by atoms with E-state index in [0.717, 1.165) is 5.92 Å². The van der Waals surface area contributed by atoms with Crippen molar-refractivity contribution in [3.8, 4) is 0 Å². The van der Waals surface area contributed by atoms with Crippen LogP contribution < -0.4 is 0 Å². The van der Waals surface area contributed by atoms with Crippen molar-refractivity contribution in [1.29, 1.82) is 0 Å². The fourth-order valence-electron chi connectivity index (χ4n) is 1.47. The number of hydrogen-bond donors (Lipinski definition) is 0. The van der Waals surface area contributed by atoms with E-state index in [0.29, 0.717) is 0 Å². The van der Waals surface area contributed by atoms with Gasteiger partial charge in [-0.25, -0.2) is 0 Å². The van der Waals surface area contributed by atoms with Crippen molar-refractivity contribution >= 4 is 0 Å². The molecular weight excluding hydrogens is 134 g/mol. The summed E-state index contributed by atoms with van der Waals surface area (Å²) >= 11 is 0. The van der Waals surface area contributed by atoms with Gasteiger partial charge in [0, 0.05) is 0 Å². The van der Waals surface area contributed by atoms with Gasteiger partial charge in [0.1, 0.15) is 0 Å². The van der Waals surface area contributed by atoms with Crippen LogP contribution in [0.15, 0.2) is 0 Å². The van der Waals surface area contributed by atoms with Crippen LogP contribution in [0.25, 0.3) is 0 Å². The van der Waals surface area contributed by atoms with E-state index in [-0.39, 0.29) is 0 Å². The Bertz CT molecular complexity index is 92.3. The molecule has 1 aliphatic heterocycles. The summed E-state index contributed by atoms with van der Waals surface area (Å²) < 4.78 is 0. The molecular formula is C10H21N. The second kappa shape index (κ2) is 4.76. The van der Waals surface area contributed by atoms with Crippen LogP contribution in [-0.4, -0.2) is 24.5 Å². The Hall–Kier alpha value is -0.0400. The van der Waals surface area contributed by atoms with Gasteiger partial charge in [-0.1, -0.05) is 20.3 Å². The minimum Gasteiger partial charge on any atom is -0.303 e. The first-order valence-electron chi connectivity index (χ1n) is 5.05. The fourth-order valence-corrected chi connectivity index (χ4v) is 1.47. The molecule has 0 saturated carbocycles.